The van der Waals surface area contributed by atoms with Gasteiger partial charge in [0.05, 0.1) is 12.7 Å². The van der Waals surface area contributed by atoms with Crippen LogP contribution in [0.1, 0.15) is 15.9 Å². The average Bonchev–Trinajstić information content (AvgIpc) is 2.80. The monoisotopic (exact) mass is 262 g/mol. The molecule has 0 radical (unpaired) electrons. The van der Waals surface area contributed by atoms with Crippen LogP contribution in [-0.4, -0.2) is 35.2 Å². The van der Waals surface area contributed by atoms with Crippen molar-refractivity contribution in [3.8, 4) is 0 Å². The third-order valence-corrected chi connectivity index (χ3v) is 2.96. The molecule has 1 unspecified atom stereocenters. The van der Waals surface area contributed by atoms with Crippen molar-refractivity contribution in [2.24, 2.45) is 5.73 Å². The average molecular weight is 262 g/mol. The SMILES string of the molecule is COC(=O)C(N)Cc1c[nH]c2cc(C(=O)O)ccc12. The van der Waals surface area contributed by atoms with Crippen molar-refractivity contribution >= 4 is 22.8 Å². The fraction of sp³-hybridized carbons (Fsp3) is 0.231. The maximum Gasteiger partial charge on any atom is 0.335 e. The summed E-state index contributed by atoms with van der Waals surface area (Å²) in [6, 6.07) is 4.04. The molecule has 6 heteroatoms. The van der Waals surface area contributed by atoms with Gasteiger partial charge in [-0.25, -0.2) is 4.79 Å². The maximum atomic E-state index is 11.3. The highest BCUT2D eigenvalue weighted by atomic mass is 16.5. The second-order valence-corrected chi connectivity index (χ2v) is 4.21. The number of carboxylic acid groups (broad SMARTS) is 1. The van der Waals surface area contributed by atoms with Crippen molar-refractivity contribution < 1.29 is 19.4 Å². The minimum atomic E-state index is -0.982. The summed E-state index contributed by atoms with van der Waals surface area (Å²) >= 11 is 0. The third kappa shape index (κ3) is 2.58. The Labute approximate surface area is 109 Å². The Hall–Kier alpha value is -2.34. The molecule has 2 aromatic rings. The molecule has 0 saturated carbocycles. The summed E-state index contributed by atoms with van der Waals surface area (Å²) in [5, 5.41) is 9.76. The van der Waals surface area contributed by atoms with Crippen LogP contribution in [0, 0.1) is 0 Å². The molecule has 0 spiro atoms. The first-order valence-electron chi connectivity index (χ1n) is 5.69. The van der Waals surface area contributed by atoms with E-state index in [0.717, 1.165) is 10.9 Å². The summed E-state index contributed by atoms with van der Waals surface area (Å²) in [5.74, 6) is -1.46. The quantitative estimate of drug-likeness (QED) is 0.710. The van der Waals surface area contributed by atoms with Crippen LogP contribution in [0.2, 0.25) is 0 Å². The van der Waals surface area contributed by atoms with Crippen molar-refractivity contribution in [1.82, 2.24) is 4.98 Å². The number of benzene rings is 1. The Morgan fingerprint density at radius 1 is 1.47 bits per heavy atom. The number of esters is 1. The summed E-state index contributed by atoms with van der Waals surface area (Å²) in [6.07, 6.45) is 2.05. The van der Waals surface area contributed by atoms with E-state index >= 15 is 0 Å². The number of ether oxygens (including phenoxy) is 1. The standard InChI is InChI=1S/C13H14N2O4/c1-19-13(18)10(14)4-8-6-15-11-5-7(12(16)17)2-3-9(8)11/h2-3,5-6,10,15H,4,14H2,1H3,(H,16,17). The molecular weight excluding hydrogens is 248 g/mol. The highest BCUT2D eigenvalue weighted by Gasteiger charge is 2.17. The first-order chi connectivity index (χ1) is 9.02. The minimum absolute atomic E-state index is 0.207. The number of fused-ring (bicyclic) bond motifs is 1. The predicted octanol–water partition coefficient (Wildman–Crippen LogP) is 0.909. The molecule has 1 atom stereocenters. The van der Waals surface area contributed by atoms with Gasteiger partial charge in [-0.3, -0.25) is 4.79 Å². The number of aromatic nitrogens is 1. The lowest BCUT2D eigenvalue weighted by molar-refractivity contribution is -0.142. The summed E-state index contributed by atoms with van der Waals surface area (Å²) in [5.41, 5.74) is 7.46. The first kappa shape index (κ1) is 13.1. The third-order valence-electron chi connectivity index (χ3n) is 2.96. The number of methoxy groups -OCH3 is 1. The van der Waals surface area contributed by atoms with Gasteiger partial charge in [0.25, 0.3) is 0 Å². The molecule has 100 valence electrons. The Morgan fingerprint density at radius 2 is 2.21 bits per heavy atom. The van der Waals surface area contributed by atoms with Gasteiger partial charge in [-0.1, -0.05) is 6.07 Å². The number of H-pyrrole nitrogens is 1. The molecule has 0 fully saturated rings. The van der Waals surface area contributed by atoms with E-state index < -0.39 is 18.0 Å². The molecule has 1 heterocycles. The molecule has 4 N–H and O–H groups in total. The van der Waals surface area contributed by atoms with E-state index in [-0.39, 0.29) is 5.56 Å². The van der Waals surface area contributed by atoms with Gasteiger partial charge >= 0.3 is 11.9 Å². The lowest BCUT2D eigenvalue weighted by atomic mass is 10.0. The van der Waals surface area contributed by atoms with Crippen LogP contribution >= 0.6 is 0 Å². The van der Waals surface area contributed by atoms with Gasteiger partial charge in [-0.2, -0.15) is 0 Å². The zero-order valence-electron chi connectivity index (χ0n) is 10.3. The van der Waals surface area contributed by atoms with Crippen molar-refractivity contribution in [3.05, 3.63) is 35.5 Å². The number of hydrogen-bond donors (Lipinski definition) is 3. The molecule has 1 aromatic heterocycles. The van der Waals surface area contributed by atoms with Crippen molar-refractivity contribution in [2.45, 2.75) is 12.5 Å². The van der Waals surface area contributed by atoms with Gasteiger partial charge in [-0.05, 0) is 17.7 Å². The zero-order valence-corrected chi connectivity index (χ0v) is 10.3. The molecule has 0 amide bonds. The summed E-state index contributed by atoms with van der Waals surface area (Å²) < 4.78 is 4.57. The number of carbonyl (C=O) groups is 2. The summed E-state index contributed by atoms with van der Waals surface area (Å²) in [7, 11) is 1.29. The zero-order chi connectivity index (χ0) is 14.0. The number of nitrogens with one attached hydrogen (secondary N) is 1. The molecule has 6 nitrogen and oxygen atoms in total. The lowest BCUT2D eigenvalue weighted by Crippen LogP contribution is -2.33. The fourth-order valence-corrected chi connectivity index (χ4v) is 1.96. The van der Waals surface area contributed by atoms with Crippen molar-refractivity contribution in [1.29, 1.82) is 0 Å². The Kier molecular flexibility index (Phi) is 3.52. The molecule has 0 bridgehead atoms. The van der Waals surface area contributed by atoms with Crippen LogP contribution in [0.5, 0.6) is 0 Å². The lowest BCUT2D eigenvalue weighted by Gasteiger charge is -2.08. The molecule has 1 aromatic carbocycles. The molecule has 0 aliphatic rings. The number of hydrogen-bond acceptors (Lipinski definition) is 4. The molecule has 0 aliphatic carbocycles. The second kappa shape index (κ2) is 5.11. The van der Waals surface area contributed by atoms with E-state index in [1.165, 1.54) is 13.2 Å². The number of carbonyl (C=O) groups excluding carboxylic acids is 1. The van der Waals surface area contributed by atoms with Crippen LogP contribution in [0.4, 0.5) is 0 Å². The van der Waals surface area contributed by atoms with E-state index in [1.807, 2.05) is 0 Å². The molecule has 19 heavy (non-hydrogen) atoms. The number of aromatic amines is 1. The van der Waals surface area contributed by atoms with Crippen LogP contribution < -0.4 is 5.73 Å². The van der Waals surface area contributed by atoms with Crippen molar-refractivity contribution in [2.75, 3.05) is 7.11 Å². The van der Waals surface area contributed by atoms with E-state index in [9.17, 15) is 9.59 Å². The van der Waals surface area contributed by atoms with Crippen LogP contribution in [0.15, 0.2) is 24.4 Å². The van der Waals surface area contributed by atoms with E-state index in [0.29, 0.717) is 11.9 Å². The number of nitrogens with two attached hydrogens (primary N) is 1. The van der Waals surface area contributed by atoms with Gasteiger partial charge in [0.2, 0.25) is 0 Å². The van der Waals surface area contributed by atoms with Crippen molar-refractivity contribution in [3.63, 3.8) is 0 Å². The largest absolute Gasteiger partial charge is 0.478 e. The fourth-order valence-electron chi connectivity index (χ4n) is 1.96. The topological polar surface area (TPSA) is 105 Å². The van der Waals surface area contributed by atoms with Gasteiger partial charge in [-0.15, -0.1) is 0 Å². The van der Waals surface area contributed by atoms with Gasteiger partial charge < -0.3 is 20.6 Å². The summed E-state index contributed by atoms with van der Waals surface area (Å²) in [6.45, 7) is 0. The van der Waals surface area contributed by atoms with Gasteiger partial charge in [0.1, 0.15) is 6.04 Å². The molecule has 0 saturated heterocycles. The van der Waals surface area contributed by atoms with Gasteiger partial charge in [0.15, 0.2) is 0 Å². The van der Waals surface area contributed by atoms with Crippen LogP contribution in [-0.2, 0) is 16.0 Å². The Morgan fingerprint density at radius 3 is 2.84 bits per heavy atom. The molecular formula is C13H14N2O4. The minimum Gasteiger partial charge on any atom is -0.478 e. The number of aromatic carboxylic acids is 1. The van der Waals surface area contributed by atoms with Gasteiger partial charge in [0, 0.05) is 23.5 Å². The molecule has 0 aliphatic heterocycles. The predicted molar refractivity (Wildman–Crippen MR) is 69.0 cm³/mol. The Balaban J connectivity index is 2.31. The second-order valence-electron chi connectivity index (χ2n) is 4.21. The number of rotatable bonds is 4. The molecule has 2 rings (SSSR count). The smallest absolute Gasteiger partial charge is 0.335 e. The van der Waals surface area contributed by atoms with E-state index in [1.54, 1.807) is 18.3 Å². The normalized spacial score (nSPS) is 12.3. The highest BCUT2D eigenvalue weighted by molar-refractivity contribution is 5.94. The first-order valence-corrected chi connectivity index (χ1v) is 5.69. The highest BCUT2D eigenvalue weighted by Crippen LogP contribution is 2.21. The van der Waals surface area contributed by atoms with E-state index in [4.69, 9.17) is 10.8 Å². The summed E-state index contributed by atoms with van der Waals surface area (Å²) in [4.78, 5) is 25.1. The maximum absolute atomic E-state index is 11.3. The number of carboxylic acids is 1. The van der Waals surface area contributed by atoms with E-state index in [2.05, 4.69) is 9.72 Å². The van der Waals surface area contributed by atoms with Crippen LogP contribution in [0.3, 0.4) is 0 Å². The van der Waals surface area contributed by atoms with Crippen LogP contribution in [0.25, 0.3) is 10.9 Å². The Bertz CT molecular complexity index is 633.